The minimum absolute atomic E-state index is 0.220. The van der Waals surface area contributed by atoms with Crippen molar-refractivity contribution in [1.82, 2.24) is 0 Å². The van der Waals surface area contributed by atoms with E-state index in [2.05, 4.69) is 10.6 Å². The Bertz CT molecular complexity index is 1480. The van der Waals surface area contributed by atoms with Crippen LogP contribution in [0.15, 0.2) is 78.9 Å². The molecule has 3 aromatic carbocycles. The normalized spacial score (nSPS) is 11.4. The van der Waals surface area contributed by atoms with E-state index in [0.717, 1.165) is 27.3 Å². The second kappa shape index (κ2) is 12.4. The van der Waals surface area contributed by atoms with Gasteiger partial charge in [-0.05, 0) is 69.2 Å². The minimum Gasteiger partial charge on any atom is -0.481 e. The van der Waals surface area contributed by atoms with Gasteiger partial charge < -0.3 is 20.1 Å². The maximum atomic E-state index is 13.1. The zero-order chi connectivity index (χ0) is 27.9. The van der Waals surface area contributed by atoms with Crippen molar-refractivity contribution in [2.24, 2.45) is 0 Å². The van der Waals surface area contributed by atoms with E-state index in [1.807, 2.05) is 68.4 Å². The number of thiophene rings is 1. The third kappa shape index (κ3) is 6.53. The first-order valence-electron chi connectivity index (χ1n) is 12.6. The molecule has 0 saturated carbocycles. The summed E-state index contributed by atoms with van der Waals surface area (Å²) in [5.74, 6) is -0.694. The molecule has 2 amide bonds. The number of hydrogen-bond donors (Lipinski definition) is 2. The van der Waals surface area contributed by atoms with E-state index in [1.165, 1.54) is 11.3 Å². The van der Waals surface area contributed by atoms with Gasteiger partial charge in [-0.15, -0.1) is 11.3 Å². The summed E-state index contributed by atoms with van der Waals surface area (Å²) < 4.78 is 11.1. The number of para-hydroxylation sites is 1. The van der Waals surface area contributed by atoms with Crippen LogP contribution in [0.5, 0.6) is 5.75 Å². The molecular weight excluding hydrogens is 512 g/mol. The number of ether oxygens (including phenoxy) is 2. The number of aryl methyl sites for hydroxylation is 2. The van der Waals surface area contributed by atoms with E-state index < -0.39 is 12.1 Å². The second-order valence-electron chi connectivity index (χ2n) is 8.87. The number of rotatable bonds is 9. The van der Waals surface area contributed by atoms with Crippen LogP contribution in [0.3, 0.4) is 0 Å². The third-order valence-corrected chi connectivity index (χ3v) is 7.08. The van der Waals surface area contributed by atoms with E-state index in [0.29, 0.717) is 21.9 Å². The summed E-state index contributed by atoms with van der Waals surface area (Å²) in [7, 11) is 0. The number of hydrogen-bond acceptors (Lipinski definition) is 6. The lowest BCUT2D eigenvalue weighted by Crippen LogP contribution is -2.30. The van der Waals surface area contributed by atoms with Crippen molar-refractivity contribution in [3.05, 3.63) is 100 Å². The fourth-order valence-corrected chi connectivity index (χ4v) is 5.11. The molecule has 0 fully saturated rings. The standard InChI is InChI=1S/C31H30N2O5S/c1-5-37-31(36)27-26(22-12-7-6-8-13-22)21(4)39-30(27)33-29(35)23-15-17-24(18-16-23)38-20(3)28(34)32-25-14-10-9-11-19(25)2/h6-18,20H,5H2,1-4H3,(H,32,34)(H,33,35). The Hall–Kier alpha value is -4.43. The molecule has 7 nitrogen and oxygen atoms in total. The molecule has 0 bridgehead atoms. The highest BCUT2D eigenvalue weighted by atomic mass is 32.1. The van der Waals surface area contributed by atoms with Crippen molar-refractivity contribution in [2.75, 3.05) is 17.2 Å². The van der Waals surface area contributed by atoms with Crippen molar-refractivity contribution < 1.29 is 23.9 Å². The fraction of sp³-hybridized carbons (Fsp3) is 0.194. The smallest absolute Gasteiger partial charge is 0.341 e. The molecule has 2 N–H and O–H groups in total. The predicted octanol–water partition coefficient (Wildman–Crippen LogP) is 6.87. The number of amides is 2. The largest absolute Gasteiger partial charge is 0.481 e. The van der Waals surface area contributed by atoms with Gasteiger partial charge in [0.1, 0.15) is 16.3 Å². The molecule has 0 aliphatic heterocycles. The molecule has 8 heteroatoms. The number of carbonyl (C=O) groups excluding carboxylic acids is 3. The Morgan fingerprint density at radius 2 is 1.54 bits per heavy atom. The van der Waals surface area contributed by atoms with Crippen molar-refractivity contribution >= 4 is 39.8 Å². The molecule has 39 heavy (non-hydrogen) atoms. The van der Waals surface area contributed by atoms with Crippen molar-refractivity contribution in [1.29, 1.82) is 0 Å². The van der Waals surface area contributed by atoms with E-state index in [1.54, 1.807) is 38.1 Å². The number of esters is 1. The first-order chi connectivity index (χ1) is 18.8. The monoisotopic (exact) mass is 542 g/mol. The quantitative estimate of drug-likeness (QED) is 0.225. The maximum absolute atomic E-state index is 13.1. The Kier molecular flexibility index (Phi) is 8.78. The van der Waals surface area contributed by atoms with Gasteiger partial charge in [-0.25, -0.2) is 4.79 Å². The SMILES string of the molecule is CCOC(=O)c1c(NC(=O)c2ccc(OC(C)C(=O)Nc3ccccc3C)cc2)sc(C)c1-c1ccccc1. The van der Waals surface area contributed by atoms with E-state index >= 15 is 0 Å². The van der Waals surface area contributed by atoms with Crippen LogP contribution >= 0.6 is 11.3 Å². The van der Waals surface area contributed by atoms with Gasteiger partial charge in [-0.1, -0.05) is 48.5 Å². The Morgan fingerprint density at radius 1 is 0.872 bits per heavy atom. The highest BCUT2D eigenvalue weighted by molar-refractivity contribution is 7.17. The molecule has 4 rings (SSSR count). The lowest BCUT2D eigenvalue weighted by molar-refractivity contribution is -0.122. The summed E-state index contributed by atoms with van der Waals surface area (Å²) >= 11 is 1.33. The minimum atomic E-state index is -0.748. The average molecular weight is 543 g/mol. The predicted molar refractivity (Wildman–Crippen MR) is 155 cm³/mol. The van der Waals surface area contributed by atoms with Crippen LogP contribution in [0, 0.1) is 13.8 Å². The van der Waals surface area contributed by atoms with Crippen LogP contribution in [-0.2, 0) is 9.53 Å². The van der Waals surface area contributed by atoms with Gasteiger partial charge >= 0.3 is 5.97 Å². The van der Waals surface area contributed by atoms with E-state index in [9.17, 15) is 14.4 Å². The van der Waals surface area contributed by atoms with Crippen LogP contribution in [0.4, 0.5) is 10.7 Å². The van der Waals surface area contributed by atoms with Crippen molar-refractivity contribution in [3.8, 4) is 16.9 Å². The first kappa shape index (κ1) is 27.6. The van der Waals surface area contributed by atoms with Crippen molar-refractivity contribution in [2.45, 2.75) is 33.8 Å². The van der Waals surface area contributed by atoms with Crippen LogP contribution in [0.25, 0.3) is 11.1 Å². The molecule has 4 aromatic rings. The Labute approximate surface area is 231 Å². The lowest BCUT2D eigenvalue weighted by atomic mass is 10.0. The van der Waals surface area contributed by atoms with Gasteiger partial charge in [-0.3, -0.25) is 9.59 Å². The molecule has 1 atom stereocenters. The highest BCUT2D eigenvalue weighted by Crippen LogP contribution is 2.40. The van der Waals surface area contributed by atoms with Crippen LogP contribution in [0.2, 0.25) is 0 Å². The molecule has 0 saturated heterocycles. The second-order valence-corrected chi connectivity index (χ2v) is 10.1. The summed E-state index contributed by atoms with van der Waals surface area (Å²) in [6.45, 7) is 7.45. The Balaban J connectivity index is 1.48. The van der Waals surface area contributed by atoms with Gasteiger partial charge in [0.25, 0.3) is 11.8 Å². The molecule has 0 radical (unpaired) electrons. The number of anilines is 2. The third-order valence-electron chi connectivity index (χ3n) is 6.05. The van der Waals surface area contributed by atoms with E-state index in [4.69, 9.17) is 9.47 Å². The first-order valence-corrected chi connectivity index (χ1v) is 13.4. The summed E-state index contributed by atoms with van der Waals surface area (Å²) in [6.07, 6.45) is -0.748. The number of benzene rings is 3. The van der Waals surface area contributed by atoms with Crippen LogP contribution < -0.4 is 15.4 Å². The number of nitrogens with one attached hydrogen (secondary N) is 2. The van der Waals surface area contributed by atoms with Crippen LogP contribution in [-0.4, -0.2) is 30.5 Å². The topological polar surface area (TPSA) is 93.7 Å². The summed E-state index contributed by atoms with van der Waals surface area (Å²) in [5, 5.41) is 6.17. The highest BCUT2D eigenvalue weighted by Gasteiger charge is 2.26. The summed E-state index contributed by atoms with van der Waals surface area (Å²) in [4.78, 5) is 39.5. The van der Waals surface area contributed by atoms with Crippen molar-refractivity contribution in [3.63, 3.8) is 0 Å². The Morgan fingerprint density at radius 3 is 2.21 bits per heavy atom. The summed E-state index contributed by atoms with van der Waals surface area (Å²) in [5.41, 5.74) is 4.02. The molecule has 1 unspecified atom stereocenters. The van der Waals surface area contributed by atoms with Gasteiger partial charge in [-0.2, -0.15) is 0 Å². The fourth-order valence-electron chi connectivity index (χ4n) is 4.05. The molecule has 1 aromatic heterocycles. The van der Waals surface area contributed by atoms with E-state index in [-0.39, 0.29) is 18.4 Å². The number of carbonyl (C=O) groups is 3. The van der Waals surface area contributed by atoms with Gasteiger partial charge in [0.2, 0.25) is 0 Å². The zero-order valence-electron chi connectivity index (χ0n) is 22.2. The van der Waals surface area contributed by atoms with Gasteiger partial charge in [0, 0.05) is 21.7 Å². The van der Waals surface area contributed by atoms with Gasteiger partial charge in [0.15, 0.2) is 6.10 Å². The zero-order valence-corrected chi connectivity index (χ0v) is 23.1. The molecule has 0 aliphatic carbocycles. The average Bonchev–Trinajstić information content (AvgIpc) is 3.26. The lowest BCUT2D eigenvalue weighted by Gasteiger charge is -2.16. The molecule has 0 spiro atoms. The van der Waals surface area contributed by atoms with Gasteiger partial charge in [0.05, 0.1) is 6.61 Å². The maximum Gasteiger partial charge on any atom is 0.341 e. The van der Waals surface area contributed by atoms with Crippen LogP contribution in [0.1, 0.15) is 45.0 Å². The molecule has 0 aliphatic rings. The molecule has 200 valence electrons. The molecular formula is C31H30N2O5S. The summed E-state index contributed by atoms with van der Waals surface area (Å²) in [6, 6.07) is 23.5. The molecule has 1 heterocycles.